The first-order chi connectivity index (χ1) is 9.18. The van der Waals surface area contributed by atoms with Gasteiger partial charge in [-0.1, -0.05) is 26.7 Å². The Bertz CT molecular complexity index is 395. The molecule has 0 saturated carbocycles. The van der Waals surface area contributed by atoms with Gasteiger partial charge in [0.25, 0.3) is 0 Å². The monoisotopic (exact) mass is 280 g/mol. The predicted molar refractivity (Wildman–Crippen MR) is 84.7 cm³/mol. The van der Waals surface area contributed by atoms with Gasteiger partial charge in [0.05, 0.1) is 0 Å². The predicted octanol–water partition coefficient (Wildman–Crippen LogP) is 3.96. The maximum Gasteiger partial charge on any atom is 0.0337 e. The zero-order chi connectivity index (χ0) is 13.9. The summed E-state index contributed by atoms with van der Waals surface area (Å²) in [5.74, 6) is 0. The van der Waals surface area contributed by atoms with Crippen molar-refractivity contribution in [3.05, 3.63) is 21.9 Å². The summed E-state index contributed by atoms with van der Waals surface area (Å²) in [6.45, 7) is 8.89. The Morgan fingerprint density at radius 3 is 2.89 bits per heavy atom. The molecule has 2 N–H and O–H groups in total. The molecule has 0 spiro atoms. The van der Waals surface area contributed by atoms with Crippen LogP contribution in [0.2, 0.25) is 0 Å². The molecule has 0 bridgehead atoms. The van der Waals surface area contributed by atoms with Gasteiger partial charge in [0.2, 0.25) is 0 Å². The van der Waals surface area contributed by atoms with Crippen LogP contribution in [-0.4, -0.2) is 23.5 Å². The minimum absolute atomic E-state index is 0.203. The van der Waals surface area contributed by atoms with Crippen LogP contribution in [0, 0.1) is 0 Å². The van der Waals surface area contributed by atoms with E-state index in [2.05, 4.69) is 37.1 Å². The molecule has 1 aromatic rings. The third kappa shape index (κ3) is 2.74. The highest BCUT2D eigenvalue weighted by atomic mass is 32.1. The molecule has 2 rings (SSSR count). The van der Waals surface area contributed by atoms with Crippen LogP contribution >= 0.6 is 11.3 Å². The van der Waals surface area contributed by atoms with Gasteiger partial charge in [0.15, 0.2) is 0 Å². The third-order valence-corrected chi connectivity index (χ3v) is 5.92. The Morgan fingerprint density at radius 1 is 1.47 bits per heavy atom. The summed E-state index contributed by atoms with van der Waals surface area (Å²) in [4.78, 5) is 4.28. The zero-order valence-corrected chi connectivity index (χ0v) is 13.4. The standard InChI is InChI=1S/C16H28N2S/c1-4-6-9-16(5-2,12-17)18-10-7-15-14(13(18)3)8-11-19-15/h8,11,13H,4-7,9-10,12,17H2,1-3H3. The second-order valence-corrected chi connectivity index (χ2v) is 6.80. The number of rotatable bonds is 6. The number of nitrogens with two attached hydrogens (primary N) is 1. The molecule has 0 aromatic carbocycles. The Morgan fingerprint density at radius 2 is 2.26 bits per heavy atom. The number of thiophene rings is 1. The van der Waals surface area contributed by atoms with Crippen molar-refractivity contribution in [1.29, 1.82) is 0 Å². The van der Waals surface area contributed by atoms with Crippen molar-refractivity contribution in [2.45, 2.75) is 64.5 Å². The van der Waals surface area contributed by atoms with Crippen LogP contribution in [0.4, 0.5) is 0 Å². The van der Waals surface area contributed by atoms with E-state index >= 15 is 0 Å². The van der Waals surface area contributed by atoms with Gasteiger partial charge in [0, 0.05) is 29.5 Å². The Kier molecular flexibility index (Phi) is 5.04. The lowest BCUT2D eigenvalue weighted by Crippen LogP contribution is -2.56. The summed E-state index contributed by atoms with van der Waals surface area (Å²) in [5, 5.41) is 2.24. The van der Waals surface area contributed by atoms with Crippen LogP contribution in [0.5, 0.6) is 0 Å². The molecule has 0 saturated heterocycles. The highest BCUT2D eigenvalue weighted by molar-refractivity contribution is 7.10. The number of hydrogen-bond acceptors (Lipinski definition) is 3. The lowest BCUT2D eigenvalue weighted by Gasteiger charge is -2.48. The van der Waals surface area contributed by atoms with Crippen molar-refractivity contribution < 1.29 is 0 Å². The number of hydrogen-bond donors (Lipinski definition) is 1. The molecule has 0 amide bonds. The van der Waals surface area contributed by atoms with Crippen LogP contribution < -0.4 is 5.73 Å². The molecular weight excluding hydrogens is 252 g/mol. The van der Waals surface area contributed by atoms with Gasteiger partial charge < -0.3 is 5.73 Å². The van der Waals surface area contributed by atoms with Crippen molar-refractivity contribution in [2.75, 3.05) is 13.1 Å². The maximum absolute atomic E-state index is 6.21. The normalized spacial score (nSPS) is 23.1. The highest BCUT2D eigenvalue weighted by Crippen LogP contribution is 2.39. The summed E-state index contributed by atoms with van der Waals surface area (Å²) < 4.78 is 0. The summed E-state index contributed by atoms with van der Waals surface area (Å²) in [6, 6.07) is 2.84. The van der Waals surface area contributed by atoms with E-state index < -0.39 is 0 Å². The van der Waals surface area contributed by atoms with Gasteiger partial charge in [-0.15, -0.1) is 11.3 Å². The Hall–Kier alpha value is -0.380. The van der Waals surface area contributed by atoms with Crippen LogP contribution in [0.15, 0.2) is 11.4 Å². The van der Waals surface area contributed by atoms with Gasteiger partial charge in [-0.25, -0.2) is 0 Å². The molecule has 2 heterocycles. The first kappa shape index (κ1) is 15.0. The quantitative estimate of drug-likeness (QED) is 0.854. The largest absolute Gasteiger partial charge is 0.329 e. The number of nitrogens with zero attached hydrogens (tertiary/aromatic N) is 1. The molecule has 19 heavy (non-hydrogen) atoms. The molecular formula is C16H28N2S. The summed E-state index contributed by atoms with van der Waals surface area (Å²) >= 11 is 1.92. The molecule has 3 heteroatoms. The SMILES string of the molecule is CCCCC(CC)(CN)N1CCc2sccc2C1C. The molecule has 1 aliphatic rings. The fraction of sp³-hybridized carbons (Fsp3) is 0.750. The van der Waals surface area contributed by atoms with Gasteiger partial charge in [0.1, 0.15) is 0 Å². The van der Waals surface area contributed by atoms with Crippen LogP contribution in [-0.2, 0) is 6.42 Å². The summed E-state index contributed by atoms with van der Waals surface area (Å²) in [6.07, 6.45) is 6.14. The Labute approximate surface area is 122 Å². The summed E-state index contributed by atoms with van der Waals surface area (Å²) in [5.41, 5.74) is 7.95. The Balaban J connectivity index is 2.23. The van der Waals surface area contributed by atoms with Crippen molar-refractivity contribution in [3.63, 3.8) is 0 Å². The maximum atomic E-state index is 6.21. The minimum atomic E-state index is 0.203. The van der Waals surface area contributed by atoms with Gasteiger partial charge in [-0.05, 0) is 43.2 Å². The fourth-order valence-corrected chi connectivity index (χ4v) is 4.51. The van der Waals surface area contributed by atoms with Crippen molar-refractivity contribution in [3.8, 4) is 0 Å². The van der Waals surface area contributed by atoms with Gasteiger partial charge >= 0.3 is 0 Å². The van der Waals surface area contributed by atoms with E-state index in [1.54, 1.807) is 10.4 Å². The first-order valence-electron chi connectivity index (χ1n) is 7.71. The average Bonchev–Trinajstić information content (AvgIpc) is 2.91. The first-order valence-corrected chi connectivity index (χ1v) is 8.59. The summed E-state index contributed by atoms with van der Waals surface area (Å²) in [7, 11) is 0. The molecule has 0 radical (unpaired) electrons. The minimum Gasteiger partial charge on any atom is -0.329 e. The molecule has 2 atom stereocenters. The molecule has 108 valence electrons. The van der Waals surface area contributed by atoms with Crippen LogP contribution in [0.3, 0.4) is 0 Å². The van der Waals surface area contributed by atoms with E-state index in [1.807, 2.05) is 11.3 Å². The lowest BCUT2D eigenvalue weighted by molar-refractivity contribution is 0.0353. The number of fused-ring (bicyclic) bond motifs is 1. The van der Waals surface area contributed by atoms with E-state index in [0.29, 0.717) is 6.04 Å². The van der Waals surface area contributed by atoms with E-state index in [0.717, 1.165) is 13.0 Å². The second-order valence-electron chi connectivity index (χ2n) is 5.80. The van der Waals surface area contributed by atoms with Gasteiger partial charge in [-0.3, -0.25) is 4.90 Å². The molecule has 1 aliphatic heterocycles. The van der Waals surface area contributed by atoms with Crippen molar-refractivity contribution >= 4 is 11.3 Å². The third-order valence-electron chi connectivity index (χ3n) is 4.92. The second kappa shape index (κ2) is 6.38. The molecule has 0 fully saturated rings. The fourth-order valence-electron chi connectivity index (χ4n) is 3.55. The smallest absolute Gasteiger partial charge is 0.0337 e. The van der Waals surface area contributed by atoms with Crippen LogP contribution in [0.25, 0.3) is 0 Å². The van der Waals surface area contributed by atoms with E-state index in [-0.39, 0.29) is 5.54 Å². The molecule has 2 unspecified atom stereocenters. The topological polar surface area (TPSA) is 29.3 Å². The average molecular weight is 280 g/mol. The van der Waals surface area contributed by atoms with E-state index in [9.17, 15) is 0 Å². The van der Waals surface area contributed by atoms with Crippen molar-refractivity contribution in [1.82, 2.24) is 4.90 Å². The lowest BCUT2D eigenvalue weighted by atomic mass is 9.84. The van der Waals surface area contributed by atoms with Crippen LogP contribution in [0.1, 0.15) is 62.9 Å². The zero-order valence-electron chi connectivity index (χ0n) is 12.6. The highest BCUT2D eigenvalue weighted by Gasteiger charge is 2.39. The van der Waals surface area contributed by atoms with Gasteiger partial charge in [-0.2, -0.15) is 0 Å². The molecule has 1 aromatic heterocycles. The molecule has 0 aliphatic carbocycles. The van der Waals surface area contributed by atoms with Crippen molar-refractivity contribution in [2.24, 2.45) is 5.73 Å². The van der Waals surface area contributed by atoms with E-state index in [1.165, 1.54) is 32.2 Å². The van der Waals surface area contributed by atoms with E-state index in [4.69, 9.17) is 5.73 Å². The molecule has 2 nitrogen and oxygen atoms in total. The number of unbranched alkanes of at least 4 members (excludes halogenated alkanes) is 1.